The number of hydrogen-bond acceptors (Lipinski definition) is 4. The van der Waals surface area contributed by atoms with Crippen molar-refractivity contribution >= 4 is 40.8 Å². The third-order valence-electron chi connectivity index (χ3n) is 5.00. The van der Waals surface area contributed by atoms with E-state index >= 15 is 0 Å². The molecule has 1 aromatic heterocycles. The Labute approximate surface area is 198 Å². The lowest BCUT2D eigenvalue weighted by Gasteiger charge is -2.32. The molecule has 0 saturated carbocycles. The number of carboxylic acids is 1. The Morgan fingerprint density at radius 1 is 1.15 bits per heavy atom. The molecular formula is C23H19Cl2F2N3O3. The lowest BCUT2D eigenvalue weighted by Crippen LogP contribution is -2.35. The van der Waals surface area contributed by atoms with Gasteiger partial charge in [-0.1, -0.05) is 42.3 Å². The number of amides is 1. The standard InChI is InChI=1S/C23H19Cl2F2N3O3/c1-2-19(16-4-3-5-17(24)20(16)25)30(22(31)13-7-14(26)9-15(27)8-13)11-12-6-18(28)21(23(32)33)29-10-12/h3-10,19H,2,11,28H2,1H3,(H,32,33)/t19-/m1/s1. The van der Waals surface area contributed by atoms with E-state index in [0.717, 1.165) is 12.1 Å². The van der Waals surface area contributed by atoms with Crippen LogP contribution in [0.2, 0.25) is 10.0 Å². The van der Waals surface area contributed by atoms with E-state index in [1.807, 2.05) is 6.92 Å². The molecule has 0 aliphatic heterocycles. The third-order valence-corrected chi connectivity index (χ3v) is 5.84. The monoisotopic (exact) mass is 493 g/mol. The molecule has 0 bridgehead atoms. The van der Waals surface area contributed by atoms with Crippen LogP contribution in [0, 0.1) is 11.6 Å². The van der Waals surface area contributed by atoms with Gasteiger partial charge in [0.15, 0.2) is 5.69 Å². The fourth-order valence-electron chi connectivity index (χ4n) is 3.54. The summed E-state index contributed by atoms with van der Waals surface area (Å²) in [5.41, 5.74) is 6.15. The highest BCUT2D eigenvalue weighted by molar-refractivity contribution is 6.42. The van der Waals surface area contributed by atoms with Gasteiger partial charge in [0.1, 0.15) is 11.6 Å². The molecule has 0 radical (unpaired) electrons. The number of carbonyl (C=O) groups excluding carboxylic acids is 1. The Kier molecular flexibility index (Phi) is 7.50. The molecule has 2 aromatic carbocycles. The van der Waals surface area contributed by atoms with Gasteiger partial charge in [0.25, 0.3) is 5.91 Å². The third kappa shape index (κ3) is 5.40. The summed E-state index contributed by atoms with van der Waals surface area (Å²) in [7, 11) is 0. The Morgan fingerprint density at radius 3 is 2.39 bits per heavy atom. The fourth-order valence-corrected chi connectivity index (χ4v) is 3.98. The molecular weight excluding hydrogens is 475 g/mol. The van der Waals surface area contributed by atoms with Crippen molar-refractivity contribution < 1.29 is 23.5 Å². The number of nitrogens with zero attached hydrogens (tertiary/aromatic N) is 2. The average molecular weight is 494 g/mol. The van der Waals surface area contributed by atoms with E-state index in [1.165, 1.54) is 17.2 Å². The maximum atomic E-state index is 13.8. The summed E-state index contributed by atoms with van der Waals surface area (Å²) in [6, 6.07) is 8.28. The van der Waals surface area contributed by atoms with Crippen LogP contribution in [-0.2, 0) is 6.54 Å². The molecule has 0 saturated heterocycles. The van der Waals surface area contributed by atoms with Gasteiger partial charge < -0.3 is 15.7 Å². The maximum absolute atomic E-state index is 13.8. The summed E-state index contributed by atoms with van der Waals surface area (Å²) in [6.07, 6.45) is 1.66. The van der Waals surface area contributed by atoms with Crippen LogP contribution >= 0.6 is 23.2 Å². The van der Waals surface area contributed by atoms with Crippen molar-refractivity contribution in [2.75, 3.05) is 5.73 Å². The molecule has 3 rings (SSSR count). The molecule has 0 aliphatic carbocycles. The number of aromatic carboxylic acids is 1. The minimum absolute atomic E-state index is 0.0852. The van der Waals surface area contributed by atoms with Gasteiger partial charge in [-0.05, 0) is 41.8 Å². The number of carbonyl (C=O) groups is 2. The zero-order chi connectivity index (χ0) is 24.3. The average Bonchev–Trinajstić information content (AvgIpc) is 2.75. The van der Waals surface area contributed by atoms with Crippen LogP contribution < -0.4 is 5.73 Å². The van der Waals surface area contributed by atoms with Crippen molar-refractivity contribution in [1.29, 1.82) is 0 Å². The predicted molar refractivity (Wildman–Crippen MR) is 121 cm³/mol. The maximum Gasteiger partial charge on any atom is 0.356 e. The molecule has 0 fully saturated rings. The van der Waals surface area contributed by atoms with Crippen molar-refractivity contribution in [2.45, 2.75) is 25.9 Å². The van der Waals surface area contributed by atoms with Crippen molar-refractivity contribution in [2.24, 2.45) is 0 Å². The molecule has 172 valence electrons. The molecule has 6 nitrogen and oxygen atoms in total. The molecule has 0 aliphatic rings. The number of nitrogens with two attached hydrogens (primary N) is 1. The van der Waals surface area contributed by atoms with Crippen LogP contribution in [0.15, 0.2) is 48.7 Å². The summed E-state index contributed by atoms with van der Waals surface area (Å²) in [5, 5.41) is 9.68. The van der Waals surface area contributed by atoms with Gasteiger partial charge in [-0.2, -0.15) is 0 Å². The zero-order valence-corrected chi connectivity index (χ0v) is 18.9. The van der Waals surface area contributed by atoms with E-state index < -0.39 is 29.6 Å². The highest BCUT2D eigenvalue weighted by Crippen LogP contribution is 2.36. The lowest BCUT2D eigenvalue weighted by molar-refractivity contribution is 0.0647. The largest absolute Gasteiger partial charge is 0.476 e. The van der Waals surface area contributed by atoms with Crippen molar-refractivity contribution in [3.63, 3.8) is 0 Å². The minimum Gasteiger partial charge on any atom is -0.476 e. The second-order valence-electron chi connectivity index (χ2n) is 7.24. The van der Waals surface area contributed by atoms with Crippen LogP contribution in [0.3, 0.4) is 0 Å². The molecule has 1 atom stereocenters. The van der Waals surface area contributed by atoms with Crippen molar-refractivity contribution in [1.82, 2.24) is 9.88 Å². The van der Waals surface area contributed by atoms with Crippen LogP contribution in [0.1, 0.15) is 51.4 Å². The van der Waals surface area contributed by atoms with Gasteiger partial charge in [-0.25, -0.2) is 18.6 Å². The van der Waals surface area contributed by atoms with Crippen LogP contribution in [0.5, 0.6) is 0 Å². The van der Waals surface area contributed by atoms with Gasteiger partial charge >= 0.3 is 5.97 Å². The Hall–Kier alpha value is -3.23. The van der Waals surface area contributed by atoms with Gasteiger partial charge in [-0.3, -0.25) is 4.79 Å². The topological polar surface area (TPSA) is 96.5 Å². The van der Waals surface area contributed by atoms with Gasteiger partial charge in [0.05, 0.1) is 21.8 Å². The number of anilines is 1. The quantitative estimate of drug-likeness (QED) is 0.437. The highest BCUT2D eigenvalue weighted by atomic mass is 35.5. The Morgan fingerprint density at radius 2 is 1.82 bits per heavy atom. The predicted octanol–water partition coefficient (Wildman–Crippen LogP) is 5.74. The number of benzene rings is 2. The fraction of sp³-hybridized carbons (Fsp3) is 0.174. The van der Waals surface area contributed by atoms with Crippen LogP contribution in [0.25, 0.3) is 0 Å². The number of rotatable bonds is 7. The number of pyridine rings is 1. The first-order chi connectivity index (χ1) is 15.6. The summed E-state index contributed by atoms with van der Waals surface area (Å²) >= 11 is 12.6. The molecule has 1 heterocycles. The van der Waals surface area contributed by atoms with E-state index in [1.54, 1.807) is 18.2 Å². The zero-order valence-electron chi connectivity index (χ0n) is 17.4. The van der Waals surface area contributed by atoms with E-state index in [9.17, 15) is 18.4 Å². The van der Waals surface area contributed by atoms with E-state index in [0.29, 0.717) is 23.6 Å². The molecule has 1 amide bonds. The van der Waals surface area contributed by atoms with E-state index in [4.69, 9.17) is 34.0 Å². The van der Waals surface area contributed by atoms with Crippen molar-refractivity contribution in [3.05, 3.63) is 92.7 Å². The Balaban J connectivity index is 2.10. The second-order valence-corrected chi connectivity index (χ2v) is 8.03. The lowest BCUT2D eigenvalue weighted by atomic mass is 10.00. The Bertz CT molecular complexity index is 1200. The van der Waals surface area contributed by atoms with Crippen molar-refractivity contribution in [3.8, 4) is 0 Å². The molecule has 0 unspecified atom stereocenters. The van der Waals surface area contributed by atoms with Gasteiger partial charge in [-0.15, -0.1) is 0 Å². The second kappa shape index (κ2) is 10.1. The van der Waals surface area contributed by atoms with E-state index in [2.05, 4.69) is 4.98 Å². The normalized spacial score (nSPS) is 11.8. The molecule has 3 N–H and O–H groups in total. The summed E-state index contributed by atoms with van der Waals surface area (Å²) in [4.78, 5) is 29.9. The molecule has 0 spiro atoms. The number of nitrogen functional groups attached to an aromatic ring is 1. The highest BCUT2D eigenvalue weighted by Gasteiger charge is 2.28. The van der Waals surface area contributed by atoms with Crippen LogP contribution in [-0.4, -0.2) is 26.9 Å². The summed E-state index contributed by atoms with van der Waals surface area (Å²) in [6.45, 7) is 1.73. The molecule has 3 aromatic rings. The van der Waals surface area contributed by atoms with Crippen LogP contribution in [0.4, 0.5) is 14.5 Å². The smallest absolute Gasteiger partial charge is 0.356 e. The minimum atomic E-state index is -1.29. The van der Waals surface area contributed by atoms with E-state index in [-0.39, 0.29) is 33.5 Å². The summed E-state index contributed by atoms with van der Waals surface area (Å²) in [5.74, 6) is -3.76. The number of carboxylic acid groups (broad SMARTS) is 1. The summed E-state index contributed by atoms with van der Waals surface area (Å²) < 4.78 is 27.7. The first kappa shape index (κ1) is 24.4. The number of halogens is 4. The van der Waals surface area contributed by atoms with Gasteiger partial charge in [0, 0.05) is 24.4 Å². The number of aromatic nitrogens is 1. The molecule has 33 heavy (non-hydrogen) atoms. The first-order valence-electron chi connectivity index (χ1n) is 9.81. The van der Waals surface area contributed by atoms with Gasteiger partial charge in [0.2, 0.25) is 0 Å². The first-order valence-corrected chi connectivity index (χ1v) is 10.6. The molecule has 10 heteroatoms. The number of hydrogen-bond donors (Lipinski definition) is 2. The SMILES string of the molecule is CC[C@H](c1cccc(Cl)c1Cl)N(Cc1cnc(C(=O)O)c(N)c1)C(=O)c1cc(F)cc(F)c1.